The highest BCUT2D eigenvalue weighted by Gasteiger charge is 2.24. The number of rotatable bonds is 6. The number of benzene rings is 3. The number of aliphatic imine (C=N–C) groups is 1. The van der Waals surface area contributed by atoms with Crippen molar-refractivity contribution >= 4 is 40.6 Å². The molecule has 0 unspecified atom stereocenters. The van der Waals surface area contributed by atoms with Crippen LogP contribution in [0.5, 0.6) is 5.75 Å². The maximum absolute atomic E-state index is 12.5. The molecule has 0 radical (unpaired) electrons. The minimum atomic E-state index is -0.966. The summed E-state index contributed by atoms with van der Waals surface area (Å²) in [5, 5.41) is 12.4. The average molecular weight is 459 g/mol. The summed E-state index contributed by atoms with van der Waals surface area (Å²) in [5.41, 5.74) is 4.89. The van der Waals surface area contributed by atoms with E-state index < -0.39 is 5.97 Å². The third kappa shape index (κ3) is 5.32. The van der Waals surface area contributed by atoms with Gasteiger partial charge in [0.2, 0.25) is 0 Å². The Morgan fingerprint density at radius 2 is 1.82 bits per heavy atom. The molecule has 6 nitrogen and oxygen atoms in total. The van der Waals surface area contributed by atoms with E-state index in [4.69, 9.17) is 9.84 Å². The second kappa shape index (κ2) is 9.75. The minimum absolute atomic E-state index is 0.205. The van der Waals surface area contributed by atoms with Crippen LogP contribution in [0.2, 0.25) is 0 Å². The van der Waals surface area contributed by atoms with E-state index in [-0.39, 0.29) is 18.1 Å². The van der Waals surface area contributed by atoms with Gasteiger partial charge in [-0.05, 0) is 72.6 Å². The lowest BCUT2D eigenvalue weighted by Crippen LogP contribution is -2.19. The molecular formula is C26H22N2O4S. The molecule has 33 heavy (non-hydrogen) atoms. The molecule has 1 heterocycles. The number of aryl methyl sites for hydroxylation is 1. The lowest BCUT2D eigenvalue weighted by atomic mass is 10.1. The van der Waals surface area contributed by atoms with Crippen LogP contribution in [0.15, 0.2) is 76.6 Å². The van der Waals surface area contributed by atoms with Crippen LogP contribution in [-0.2, 0) is 11.4 Å². The van der Waals surface area contributed by atoms with E-state index >= 15 is 0 Å². The molecule has 0 spiro atoms. The predicted molar refractivity (Wildman–Crippen MR) is 131 cm³/mol. The topological polar surface area (TPSA) is 88.0 Å². The average Bonchev–Trinajstić information content (AvgIpc) is 3.15. The number of ether oxygens (including phenoxy) is 1. The van der Waals surface area contributed by atoms with Crippen molar-refractivity contribution in [1.29, 1.82) is 0 Å². The van der Waals surface area contributed by atoms with Crippen LogP contribution in [0.3, 0.4) is 0 Å². The van der Waals surface area contributed by atoms with Gasteiger partial charge in [0.1, 0.15) is 12.4 Å². The van der Waals surface area contributed by atoms with Crippen molar-refractivity contribution < 1.29 is 19.4 Å². The zero-order valence-corrected chi connectivity index (χ0v) is 19.0. The maximum atomic E-state index is 12.5. The molecule has 0 aliphatic carbocycles. The van der Waals surface area contributed by atoms with Crippen LogP contribution < -0.4 is 10.1 Å². The largest absolute Gasteiger partial charge is 0.488 e. The van der Waals surface area contributed by atoms with Gasteiger partial charge < -0.3 is 15.2 Å². The molecule has 4 rings (SSSR count). The van der Waals surface area contributed by atoms with Gasteiger partial charge in [0, 0.05) is 5.56 Å². The van der Waals surface area contributed by atoms with Crippen molar-refractivity contribution in [2.24, 2.45) is 4.99 Å². The number of carboxylic acids is 1. The first-order valence-electron chi connectivity index (χ1n) is 10.3. The Morgan fingerprint density at radius 3 is 2.58 bits per heavy atom. The molecular weight excluding hydrogens is 436 g/mol. The second-order valence-corrected chi connectivity index (χ2v) is 8.56. The smallest absolute Gasteiger partial charge is 0.335 e. The fraction of sp³-hybridized carbons (Fsp3) is 0.115. The Labute approximate surface area is 196 Å². The first kappa shape index (κ1) is 22.4. The Balaban J connectivity index is 1.51. The van der Waals surface area contributed by atoms with Crippen LogP contribution in [0, 0.1) is 13.8 Å². The molecule has 1 saturated heterocycles. The molecule has 1 fully saturated rings. The number of carboxylic acid groups (broad SMARTS) is 1. The van der Waals surface area contributed by atoms with Gasteiger partial charge in [-0.2, -0.15) is 0 Å². The zero-order chi connectivity index (χ0) is 23.4. The quantitative estimate of drug-likeness (QED) is 0.478. The van der Waals surface area contributed by atoms with Crippen molar-refractivity contribution in [1.82, 2.24) is 5.32 Å². The third-order valence-electron chi connectivity index (χ3n) is 5.25. The van der Waals surface area contributed by atoms with Crippen molar-refractivity contribution in [2.45, 2.75) is 20.5 Å². The molecule has 3 aromatic rings. The fourth-order valence-corrected chi connectivity index (χ4v) is 4.05. The number of hydrogen-bond donors (Lipinski definition) is 2. The Hall–Kier alpha value is -3.84. The summed E-state index contributed by atoms with van der Waals surface area (Å²) >= 11 is 1.29. The molecule has 1 amide bonds. The molecule has 1 aliphatic heterocycles. The van der Waals surface area contributed by atoms with Gasteiger partial charge in [-0.1, -0.05) is 42.5 Å². The number of aromatic carboxylic acids is 1. The minimum Gasteiger partial charge on any atom is -0.488 e. The van der Waals surface area contributed by atoms with Crippen molar-refractivity contribution in [3.8, 4) is 5.75 Å². The summed E-state index contributed by atoms with van der Waals surface area (Å²) in [6.07, 6.45) is 1.79. The van der Waals surface area contributed by atoms with Crippen molar-refractivity contribution in [3.63, 3.8) is 0 Å². The monoisotopic (exact) mass is 458 g/mol. The number of amides is 1. The molecule has 0 aromatic heterocycles. The lowest BCUT2D eigenvalue weighted by Gasteiger charge is -2.10. The molecule has 0 atom stereocenters. The van der Waals surface area contributed by atoms with Gasteiger partial charge >= 0.3 is 5.97 Å². The number of nitrogens with one attached hydrogen (secondary N) is 1. The number of para-hydroxylation sites is 1. The molecule has 2 N–H and O–H groups in total. The van der Waals surface area contributed by atoms with Crippen molar-refractivity contribution in [2.75, 3.05) is 0 Å². The van der Waals surface area contributed by atoms with Gasteiger partial charge in [-0.25, -0.2) is 9.79 Å². The standard InChI is InChI=1S/C26H22N2O4S/c1-16-6-5-8-21(17(16)2)27-26-28-24(29)23(33-26)14-20-7-3-4-9-22(20)32-15-18-10-12-19(13-11-18)25(30)31/h3-14H,15H2,1-2H3,(H,30,31)(H,27,28,29)/b23-14-. The highest BCUT2D eigenvalue weighted by Crippen LogP contribution is 2.32. The SMILES string of the molecule is Cc1cccc(N=C2NC(=O)/C(=C/c3ccccc3OCc3ccc(C(=O)O)cc3)S2)c1C. The Bertz CT molecular complexity index is 1280. The van der Waals surface area contributed by atoms with E-state index in [0.29, 0.717) is 15.8 Å². The van der Waals surface area contributed by atoms with Crippen LogP contribution in [0.1, 0.15) is 32.6 Å². The molecule has 1 aliphatic rings. The Morgan fingerprint density at radius 1 is 1.06 bits per heavy atom. The van der Waals surface area contributed by atoms with Crippen LogP contribution in [-0.4, -0.2) is 22.2 Å². The molecule has 7 heteroatoms. The van der Waals surface area contributed by atoms with E-state index in [0.717, 1.165) is 27.9 Å². The molecule has 166 valence electrons. The number of carbonyl (C=O) groups excluding carboxylic acids is 1. The van der Waals surface area contributed by atoms with Crippen LogP contribution in [0.4, 0.5) is 5.69 Å². The van der Waals surface area contributed by atoms with E-state index in [1.54, 1.807) is 30.3 Å². The summed E-state index contributed by atoms with van der Waals surface area (Å²) < 4.78 is 5.96. The summed E-state index contributed by atoms with van der Waals surface area (Å²) in [4.78, 5) is 28.7. The number of hydrogen-bond acceptors (Lipinski definition) is 5. The Kier molecular flexibility index (Phi) is 6.60. The molecule has 3 aromatic carbocycles. The second-order valence-electron chi connectivity index (χ2n) is 7.53. The summed E-state index contributed by atoms with van der Waals surface area (Å²) in [5.74, 6) is -0.545. The number of carbonyl (C=O) groups is 2. The van der Waals surface area contributed by atoms with Crippen LogP contribution in [0.25, 0.3) is 6.08 Å². The molecule has 0 bridgehead atoms. The third-order valence-corrected chi connectivity index (χ3v) is 6.16. The van der Waals surface area contributed by atoms with Gasteiger partial charge in [0.25, 0.3) is 5.91 Å². The highest BCUT2D eigenvalue weighted by atomic mass is 32.2. The fourth-order valence-electron chi connectivity index (χ4n) is 3.22. The summed E-state index contributed by atoms with van der Waals surface area (Å²) in [7, 11) is 0. The summed E-state index contributed by atoms with van der Waals surface area (Å²) in [6.45, 7) is 4.32. The summed E-state index contributed by atoms with van der Waals surface area (Å²) in [6, 6.07) is 19.9. The van der Waals surface area contributed by atoms with E-state index in [1.807, 2.05) is 56.3 Å². The molecule has 0 saturated carbocycles. The van der Waals surface area contributed by atoms with E-state index in [9.17, 15) is 9.59 Å². The number of amidine groups is 1. The first-order chi connectivity index (χ1) is 15.9. The number of thioether (sulfide) groups is 1. The zero-order valence-electron chi connectivity index (χ0n) is 18.2. The lowest BCUT2D eigenvalue weighted by molar-refractivity contribution is -0.115. The van der Waals surface area contributed by atoms with E-state index in [2.05, 4.69) is 10.3 Å². The number of nitrogens with zero attached hydrogens (tertiary/aromatic N) is 1. The van der Waals surface area contributed by atoms with Gasteiger partial charge in [-0.15, -0.1) is 0 Å². The van der Waals surface area contributed by atoms with Gasteiger partial charge in [0.15, 0.2) is 5.17 Å². The highest BCUT2D eigenvalue weighted by molar-refractivity contribution is 8.18. The first-order valence-corrected chi connectivity index (χ1v) is 11.1. The van der Waals surface area contributed by atoms with Gasteiger partial charge in [0.05, 0.1) is 16.2 Å². The van der Waals surface area contributed by atoms with Crippen molar-refractivity contribution in [3.05, 3.63) is 99.5 Å². The van der Waals surface area contributed by atoms with Gasteiger partial charge in [-0.3, -0.25) is 4.79 Å². The van der Waals surface area contributed by atoms with E-state index in [1.165, 1.54) is 11.8 Å². The normalized spacial score (nSPS) is 15.6. The maximum Gasteiger partial charge on any atom is 0.335 e. The van der Waals surface area contributed by atoms with Crippen LogP contribution >= 0.6 is 11.8 Å². The predicted octanol–water partition coefficient (Wildman–Crippen LogP) is 5.47.